The third kappa shape index (κ3) is 4.81. The van der Waals surface area contributed by atoms with E-state index in [1.807, 2.05) is 48.5 Å². The van der Waals surface area contributed by atoms with E-state index in [9.17, 15) is 0 Å². The molecule has 0 spiro atoms. The minimum atomic E-state index is 0.416. The fraction of sp³-hybridized carbons (Fsp3) is 0.167. The van der Waals surface area contributed by atoms with Crippen molar-refractivity contribution in [3.63, 3.8) is 0 Å². The lowest BCUT2D eigenvalue weighted by Crippen LogP contribution is -2.09. The van der Waals surface area contributed by atoms with E-state index in [2.05, 4.69) is 15.3 Å². The molecule has 2 aromatic carbocycles. The van der Waals surface area contributed by atoms with Crippen LogP contribution in [0.25, 0.3) is 0 Å². The first-order valence-corrected chi connectivity index (χ1v) is 7.73. The van der Waals surface area contributed by atoms with E-state index < -0.39 is 0 Å². The standard InChI is InChI=1S/C18H18N4O3/c1-23-17-7-2-3-8-18(17)25-10-9-24-16-6-4-5-15(11-16)12-21-22-13-19-20-14-22/h2-8,11-14H,9-10H2,1H3/b21-12+. The zero-order valence-corrected chi connectivity index (χ0v) is 13.8. The largest absolute Gasteiger partial charge is 0.493 e. The van der Waals surface area contributed by atoms with Crippen molar-refractivity contribution in [2.45, 2.75) is 0 Å². The first kappa shape index (κ1) is 16.5. The third-order valence-electron chi connectivity index (χ3n) is 3.28. The monoisotopic (exact) mass is 338 g/mol. The smallest absolute Gasteiger partial charge is 0.161 e. The summed E-state index contributed by atoms with van der Waals surface area (Å²) in [5.74, 6) is 2.15. The first-order chi connectivity index (χ1) is 12.3. The fourth-order valence-corrected chi connectivity index (χ4v) is 2.12. The van der Waals surface area contributed by atoms with Gasteiger partial charge in [0.15, 0.2) is 11.5 Å². The van der Waals surface area contributed by atoms with E-state index >= 15 is 0 Å². The predicted molar refractivity (Wildman–Crippen MR) is 93.4 cm³/mol. The van der Waals surface area contributed by atoms with Gasteiger partial charge < -0.3 is 14.2 Å². The molecule has 7 nitrogen and oxygen atoms in total. The topological polar surface area (TPSA) is 70.8 Å². The van der Waals surface area contributed by atoms with Gasteiger partial charge in [-0.15, -0.1) is 10.2 Å². The van der Waals surface area contributed by atoms with Crippen LogP contribution < -0.4 is 14.2 Å². The molecule has 0 saturated heterocycles. The molecule has 0 aliphatic heterocycles. The van der Waals surface area contributed by atoms with Gasteiger partial charge in [-0.05, 0) is 29.8 Å². The molecular formula is C18H18N4O3. The molecule has 0 atom stereocenters. The molecule has 25 heavy (non-hydrogen) atoms. The van der Waals surface area contributed by atoms with Gasteiger partial charge in [-0.25, -0.2) is 4.68 Å². The Morgan fingerprint density at radius 1 is 0.960 bits per heavy atom. The van der Waals surface area contributed by atoms with Crippen molar-refractivity contribution in [2.75, 3.05) is 20.3 Å². The van der Waals surface area contributed by atoms with Crippen molar-refractivity contribution < 1.29 is 14.2 Å². The van der Waals surface area contributed by atoms with Gasteiger partial charge in [0.2, 0.25) is 0 Å². The number of nitrogens with zero attached hydrogens (tertiary/aromatic N) is 4. The van der Waals surface area contributed by atoms with Crippen LogP contribution >= 0.6 is 0 Å². The van der Waals surface area contributed by atoms with E-state index in [1.54, 1.807) is 13.3 Å². The van der Waals surface area contributed by atoms with Gasteiger partial charge in [0.1, 0.15) is 31.6 Å². The van der Waals surface area contributed by atoms with E-state index in [-0.39, 0.29) is 0 Å². The molecule has 1 aromatic heterocycles. The Hall–Kier alpha value is -3.35. The summed E-state index contributed by atoms with van der Waals surface area (Å²) in [6.07, 6.45) is 4.75. The minimum absolute atomic E-state index is 0.416. The van der Waals surface area contributed by atoms with Gasteiger partial charge in [0.05, 0.1) is 13.3 Å². The van der Waals surface area contributed by atoms with Crippen LogP contribution in [0.15, 0.2) is 66.3 Å². The Morgan fingerprint density at radius 3 is 2.52 bits per heavy atom. The second-order valence-corrected chi connectivity index (χ2v) is 5.01. The molecule has 3 rings (SSSR count). The lowest BCUT2D eigenvalue weighted by molar-refractivity contribution is 0.211. The lowest BCUT2D eigenvalue weighted by Gasteiger charge is -2.11. The molecule has 0 amide bonds. The zero-order valence-electron chi connectivity index (χ0n) is 13.8. The van der Waals surface area contributed by atoms with Crippen LogP contribution in [0.2, 0.25) is 0 Å². The highest BCUT2D eigenvalue weighted by atomic mass is 16.5. The number of aromatic nitrogens is 3. The van der Waals surface area contributed by atoms with Crippen LogP contribution in [0, 0.1) is 0 Å². The summed E-state index contributed by atoms with van der Waals surface area (Å²) in [5, 5.41) is 11.6. The summed E-state index contributed by atoms with van der Waals surface area (Å²) >= 11 is 0. The summed E-state index contributed by atoms with van der Waals surface area (Å²) in [4.78, 5) is 0. The quantitative estimate of drug-likeness (QED) is 0.466. The summed E-state index contributed by atoms with van der Waals surface area (Å²) in [6, 6.07) is 15.1. The normalized spacial score (nSPS) is 10.8. The van der Waals surface area contributed by atoms with Gasteiger partial charge in [-0.1, -0.05) is 24.3 Å². The highest BCUT2D eigenvalue weighted by Gasteiger charge is 2.02. The summed E-state index contributed by atoms with van der Waals surface area (Å²) < 4.78 is 18.2. The van der Waals surface area contributed by atoms with Crippen molar-refractivity contribution in [3.8, 4) is 17.2 Å². The molecule has 1 heterocycles. The number of para-hydroxylation sites is 2. The Labute approximate surface area is 145 Å². The molecule has 0 saturated carbocycles. The van der Waals surface area contributed by atoms with Gasteiger partial charge in [-0.2, -0.15) is 5.10 Å². The maximum absolute atomic E-state index is 5.72. The Kier molecular flexibility index (Phi) is 5.60. The average molecular weight is 338 g/mol. The maximum Gasteiger partial charge on any atom is 0.161 e. The van der Waals surface area contributed by atoms with E-state index in [0.29, 0.717) is 24.7 Å². The lowest BCUT2D eigenvalue weighted by atomic mass is 10.2. The van der Waals surface area contributed by atoms with Crippen LogP contribution in [0.5, 0.6) is 17.2 Å². The zero-order chi connectivity index (χ0) is 17.3. The van der Waals surface area contributed by atoms with E-state index in [0.717, 1.165) is 11.3 Å². The predicted octanol–water partition coefficient (Wildman–Crippen LogP) is 2.63. The third-order valence-corrected chi connectivity index (χ3v) is 3.28. The molecule has 7 heteroatoms. The molecule has 0 aliphatic carbocycles. The molecule has 128 valence electrons. The highest BCUT2D eigenvalue weighted by Crippen LogP contribution is 2.25. The number of ether oxygens (including phenoxy) is 3. The van der Waals surface area contributed by atoms with Gasteiger partial charge in [-0.3, -0.25) is 0 Å². The van der Waals surface area contributed by atoms with Gasteiger partial charge in [0.25, 0.3) is 0 Å². The summed E-state index contributed by atoms with van der Waals surface area (Å²) in [5.41, 5.74) is 0.914. The van der Waals surface area contributed by atoms with Gasteiger partial charge >= 0.3 is 0 Å². The summed E-state index contributed by atoms with van der Waals surface area (Å²) in [6.45, 7) is 0.837. The second kappa shape index (κ2) is 8.49. The van der Waals surface area contributed by atoms with Crippen molar-refractivity contribution in [1.82, 2.24) is 14.9 Å². The second-order valence-electron chi connectivity index (χ2n) is 5.01. The highest BCUT2D eigenvalue weighted by molar-refractivity contribution is 5.80. The molecular weight excluding hydrogens is 320 g/mol. The van der Waals surface area contributed by atoms with Crippen molar-refractivity contribution in [2.24, 2.45) is 5.10 Å². The van der Waals surface area contributed by atoms with Crippen molar-refractivity contribution in [1.29, 1.82) is 0 Å². The molecule has 3 aromatic rings. The van der Waals surface area contributed by atoms with Gasteiger partial charge in [0, 0.05) is 0 Å². The molecule has 0 radical (unpaired) electrons. The Morgan fingerprint density at radius 2 is 1.72 bits per heavy atom. The number of methoxy groups -OCH3 is 1. The molecule has 0 bridgehead atoms. The van der Waals surface area contributed by atoms with E-state index in [1.165, 1.54) is 17.3 Å². The van der Waals surface area contributed by atoms with Crippen LogP contribution in [0.3, 0.4) is 0 Å². The van der Waals surface area contributed by atoms with Crippen LogP contribution in [0.4, 0.5) is 0 Å². The summed E-state index contributed by atoms with van der Waals surface area (Å²) in [7, 11) is 1.62. The maximum atomic E-state index is 5.72. The van der Waals surface area contributed by atoms with E-state index in [4.69, 9.17) is 14.2 Å². The molecule has 0 aliphatic rings. The average Bonchev–Trinajstić information content (AvgIpc) is 3.18. The minimum Gasteiger partial charge on any atom is -0.493 e. The molecule has 0 unspecified atom stereocenters. The van der Waals surface area contributed by atoms with Crippen LogP contribution in [0.1, 0.15) is 5.56 Å². The van der Waals surface area contributed by atoms with Crippen LogP contribution in [-0.2, 0) is 0 Å². The molecule has 0 N–H and O–H groups in total. The van der Waals surface area contributed by atoms with Crippen molar-refractivity contribution in [3.05, 3.63) is 66.7 Å². The Balaban J connectivity index is 1.51. The fourth-order valence-electron chi connectivity index (χ4n) is 2.12. The molecule has 0 fully saturated rings. The number of hydrogen-bond acceptors (Lipinski definition) is 6. The SMILES string of the molecule is COc1ccccc1OCCOc1cccc(/C=N/n2cnnc2)c1. The van der Waals surface area contributed by atoms with Crippen LogP contribution in [-0.4, -0.2) is 41.4 Å². The number of rotatable bonds is 8. The number of benzene rings is 2. The first-order valence-electron chi connectivity index (χ1n) is 7.73. The number of hydrogen-bond donors (Lipinski definition) is 0. The Bertz CT molecular complexity index is 819. The van der Waals surface area contributed by atoms with Crippen molar-refractivity contribution >= 4 is 6.21 Å².